The van der Waals surface area contributed by atoms with Crippen LogP contribution in [0.5, 0.6) is 5.75 Å². The number of likely N-dealkylation sites (tertiary alicyclic amines) is 1. The quantitative estimate of drug-likeness (QED) is 0.891. The standard InChI is InChI=1S/C20H21N3O3/c1-14(24)21-16-8-6-15(7-9-16)12-23-11-10-20(13-23)22-19(25)17-4-2-3-5-18(17)26-20/h2-9H,10-13H2,1H3,(H,21,24)(H,22,25). The maximum atomic E-state index is 12.4. The van der Waals surface area contributed by atoms with Crippen molar-refractivity contribution in [3.63, 3.8) is 0 Å². The highest BCUT2D eigenvalue weighted by Gasteiger charge is 2.45. The number of carbonyl (C=O) groups excluding carboxylic acids is 2. The monoisotopic (exact) mass is 351 g/mol. The average Bonchev–Trinajstić information content (AvgIpc) is 2.98. The van der Waals surface area contributed by atoms with E-state index >= 15 is 0 Å². The number of fused-ring (bicyclic) bond motifs is 1. The lowest BCUT2D eigenvalue weighted by Crippen LogP contribution is -2.57. The molecule has 2 N–H and O–H groups in total. The summed E-state index contributed by atoms with van der Waals surface area (Å²) >= 11 is 0. The number of amides is 2. The first-order chi connectivity index (χ1) is 12.5. The third-order valence-corrected chi connectivity index (χ3v) is 4.77. The summed E-state index contributed by atoms with van der Waals surface area (Å²) in [4.78, 5) is 25.8. The van der Waals surface area contributed by atoms with Crippen molar-refractivity contribution in [2.75, 3.05) is 18.4 Å². The molecule has 2 heterocycles. The Morgan fingerprint density at radius 3 is 2.77 bits per heavy atom. The second kappa shape index (κ2) is 6.46. The van der Waals surface area contributed by atoms with Gasteiger partial charge in [-0.2, -0.15) is 0 Å². The van der Waals surface area contributed by atoms with Crippen molar-refractivity contribution in [1.82, 2.24) is 10.2 Å². The number of carbonyl (C=O) groups is 2. The predicted octanol–water partition coefficient (Wildman–Crippen LogP) is 2.37. The van der Waals surface area contributed by atoms with Gasteiger partial charge >= 0.3 is 0 Å². The summed E-state index contributed by atoms with van der Waals surface area (Å²) in [7, 11) is 0. The molecule has 2 aromatic carbocycles. The number of ether oxygens (including phenoxy) is 1. The minimum Gasteiger partial charge on any atom is -0.466 e. The fraction of sp³-hybridized carbons (Fsp3) is 0.300. The molecule has 134 valence electrons. The van der Waals surface area contributed by atoms with Gasteiger partial charge in [0.25, 0.3) is 5.91 Å². The van der Waals surface area contributed by atoms with Crippen LogP contribution in [0.25, 0.3) is 0 Å². The third kappa shape index (κ3) is 3.28. The Morgan fingerprint density at radius 2 is 2.00 bits per heavy atom. The summed E-state index contributed by atoms with van der Waals surface area (Å²) in [6.45, 7) is 3.74. The van der Waals surface area contributed by atoms with Gasteiger partial charge in [0, 0.05) is 32.1 Å². The van der Waals surface area contributed by atoms with Gasteiger partial charge in [-0.25, -0.2) is 0 Å². The summed E-state index contributed by atoms with van der Waals surface area (Å²) in [5.74, 6) is 0.496. The fourth-order valence-electron chi connectivity index (χ4n) is 3.59. The molecule has 1 atom stereocenters. The molecule has 4 rings (SSSR count). The normalized spacial score (nSPS) is 21.8. The van der Waals surface area contributed by atoms with Gasteiger partial charge in [0.05, 0.1) is 12.1 Å². The minimum atomic E-state index is -0.651. The Kier molecular flexibility index (Phi) is 4.12. The van der Waals surface area contributed by atoms with Crippen molar-refractivity contribution in [3.8, 4) is 5.75 Å². The number of benzene rings is 2. The van der Waals surface area contributed by atoms with Gasteiger partial charge in [-0.3, -0.25) is 14.5 Å². The van der Waals surface area contributed by atoms with E-state index in [0.717, 1.165) is 30.8 Å². The molecule has 0 aromatic heterocycles. The molecule has 2 aliphatic rings. The number of hydrogen-bond acceptors (Lipinski definition) is 4. The van der Waals surface area contributed by atoms with Crippen LogP contribution in [-0.2, 0) is 11.3 Å². The van der Waals surface area contributed by atoms with Gasteiger partial charge in [-0.1, -0.05) is 24.3 Å². The Bertz CT molecular complexity index is 850. The number of hydrogen-bond donors (Lipinski definition) is 2. The topological polar surface area (TPSA) is 70.7 Å². The molecule has 6 heteroatoms. The maximum absolute atomic E-state index is 12.4. The smallest absolute Gasteiger partial charge is 0.258 e. The van der Waals surface area contributed by atoms with Crippen LogP contribution in [0.3, 0.4) is 0 Å². The molecule has 2 aliphatic heterocycles. The SMILES string of the molecule is CC(=O)Nc1ccc(CN2CCC3(C2)NC(=O)c2ccccc2O3)cc1. The summed E-state index contributed by atoms with van der Waals surface area (Å²) < 4.78 is 6.16. The average molecular weight is 351 g/mol. The fourth-order valence-corrected chi connectivity index (χ4v) is 3.59. The molecule has 0 saturated carbocycles. The Hall–Kier alpha value is -2.86. The van der Waals surface area contributed by atoms with Crippen molar-refractivity contribution in [3.05, 3.63) is 59.7 Å². The van der Waals surface area contributed by atoms with Crippen molar-refractivity contribution in [1.29, 1.82) is 0 Å². The van der Waals surface area contributed by atoms with Gasteiger partial charge in [0.2, 0.25) is 5.91 Å². The Balaban J connectivity index is 1.43. The summed E-state index contributed by atoms with van der Waals surface area (Å²) in [5, 5.41) is 5.81. The number of anilines is 1. The lowest BCUT2D eigenvalue weighted by molar-refractivity contribution is -0.114. The summed E-state index contributed by atoms with van der Waals surface area (Å²) in [6, 6.07) is 15.2. The van der Waals surface area contributed by atoms with Crippen molar-refractivity contribution in [2.24, 2.45) is 0 Å². The molecule has 1 spiro atoms. The van der Waals surface area contributed by atoms with Crippen LogP contribution in [0.2, 0.25) is 0 Å². The van der Waals surface area contributed by atoms with Crippen LogP contribution in [-0.4, -0.2) is 35.5 Å². The second-order valence-corrected chi connectivity index (χ2v) is 6.89. The van der Waals surface area contributed by atoms with Crippen LogP contribution in [0.15, 0.2) is 48.5 Å². The van der Waals surface area contributed by atoms with Gasteiger partial charge in [0.1, 0.15) is 5.75 Å². The Morgan fingerprint density at radius 1 is 1.23 bits per heavy atom. The van der Waals surface area contributed by atoms with E-state index < -0.39 is 5.72 Å². The van der Waals surface area contributed by atoms with Crippen LogP contribution < -0.4 is 15.4 Å². The van der Waals surface area contributed by atoms with Crippen molar-refractivity contribution < 1.29 is 14.3 Å². The number of nitrogens with zero attached hydrogens (tertiary/aromatic N) is 1. The third-order valence-electron chi connectivity index (χ3n) is 4.77. The molecule has 0 bridgehead atoms. The van der Waals surface area contributed by atoms with Gasteiger partial charge in [-0.15, -0.1) is 0 Å². The summed E-state index contributed by atoms with van der Waals surface area (Å²) in [5.41, 5.74) is 1.88. The van der Waals surface area contributed by atoms with E-state index in [1.54, 1.807) is 6.07 Å². The molecule has 1 unspecified atom stereocenters. The highest BCUT2D eigenvalue weighted by Crippen LogP contribution is 2.33. The molecular formula is C20H21N3O3. The number of nitrogens with one attached hydrogen (secondary N) is 2. The molecule has 2 aromatic rings. The van der Waals surface area contributed by atoms with Crippen LogP contribution in [0, 0.1) is 0 Å². The lowest BCUT2D eigenvalue weighted by Gasteiger charge is -2.36. The minimum absolute atomic E-state index is 0.0756. The van der Waals surface area contributed by atoms with Gasteiger partial charge in [-0.05, 0) is 29.8 Å². The van der Waals surface area contributed by atoms with E-state index in [1.807, 2.05) is 42.5 Å². The molecule has 6 nitrogen and oxygen atoms in total. The van der Waals surface area contributed by atoms with Crippen LogP contribution in [0.1, 0.15) is 29.3 Å². The molecule has 26 heavy (non-hydrogen) atoms. The zero-order valence-electron chi connectivity index (χ0n) is 14.6. The first-order valence-electron chi connectivity index (χ1n) is 8.72. The first kappa shape index (κ1) is 16.6. The molecule has 1 saturated heterocycles. The predicted molar refractivity (Wildman–Crippen MR) is 97.9 cm³/mol. The van der Waals surface area contributed by atoms with E-state index in [9.17, 15) is 9.59 Å². The molecular weight excluding hydrogens is 330 g/mol. The molecule has 0 radical (unpaired) electrons. The largest absolute Gasteiger partial charge is 0.466 e. The Labute approximate surface area is 152 Å². The van der Waals surface area contributed by atoms with Crippen molar-refractivity contribution >= 4 is 17.5 Å². The zero-order valence-corrected chi connectivity index (χ0v) is 14.6. The second-order valence-electron chi connectivity index (χ2n) is 6.89. The first-order valence-corrected chi connectivity index (χ1v) is 8.72. The molecule has 1 fully saturated rings. The highest BCUT2D eigenvalue weighted by atomic mass is 16.5. The van der Waals surface area contributed by atoms with Crippen LogP contribution >= 0.6 is 0 Å². The van der Waals surface area contributed by atoms with E-state index in [2.05, 4.69) is 15.5 Å². The highest BCUT2D eigenvalue weighted by molar-refractivity contribution is 5.98. The van der Waals surface area contributed by atoms with Crippen LogP contribution in [0.4, 0.5) is 5.69 Å². The number of para-hydroxylation sites is 1. The van der Waals surface area contributed by atoms with E-state index in [-0.39, 0.29) is 11.8 Å². The van der Waals surface area contributed by atoms with E-state index in [0.29, 0.717) is 17.9 Å². The van der Waals surface area contributed by atoms with Gasteiger partial charge in [0.15, 0.2) is 5.72 Å². The van der Waals surface area contributed by atoms with Crippen molar-refractivity contribution in [2.45, 2.75) is 25.6 Å². The summed E-state index contributed by atoms with van der Waals surface area (Å²) in [6.07, 6.45) is 0.747. The van der Waals surface area contributed by atoms with E-state index in [1.165, 1.54) is 6.92 Å². The molecule has 2 amide bonds. The van der Waals surface area contributed by atoms with Gasteiger partial charge < -0.3 is 15.4 Å². The molecule has 0 aliphatic carbocycles. The van der Waals surface area contributed by atoms with E-state index in [4.69, 9.17) is 4.74 Å². The lowest BCUT2D eigenvalue weighted by atomic mass is 10.1. The zero-order chi connectivity index (χ0) is 18.1. The number of rotatable bonds is 3. The maximum Gasteiger partial charge on any atom is 0.258 e.